The van der Waals surface area contributed by atoms with Gasteiger partial charge in [-0.2, -0.15) is 4.31 Å². The molecule has 0 bridgehead atoms. The number of carbonyl (C=O) groups is 1. The fraction of sp³-hybridized carbons (Fsp3) is 0.316. The van der Waals surface area contributed by atoms with Crippen molar-refractivity contribution in [3.8, 4) is 17.2 Å². The van der Waals surface area contributed by atoms with E-state index in [2.05, 4.69) is 0 Å². The molecule has 150 valence electrons. The molecule has 1 aliphatic rings. The SMILES string of the molecule is COc1ccc(S(=O)(=O)N2Cc3cc(OC)c(OC)cc3C[C@@H]2C(=O)O)cc1. The van der Waals surface area contributed by atoms with Crippen LogP contribution in [0.2, 0.25) is 0 Å². The van der Waals surface area contributed by atoms with Gasteiger partial charge >= 0.3 is 5.97 Å². The summed E-state index contributed by atoms with van der Waals surface area (Å²) in [5.74, 6) is 0.223. The number of carboxylic acid groups (broad SMARTS) is 1. The third kappa shape index (κ3) is 3.50. The number of ether oxygens (including phenoxy) is 3. The molecular weight excluding hydrogens is 386 g/mol. The molecule has 0 amide bonds. The van der Waals surface area contributed by atoms with Crippen molar-refractivity contribution in [1.82, 2.24) is 4.31 Å². The second-order valence-electron chi connectivity index (χ2n) is 6.26. The first-order valence-corrected chi connectivity index (χ1v) is 9.88. The summed E-state index contributed by atoms with van der Waals surface area (Å²) in [6, 6.07) is 8.00. The number of fused-ring (bicyclic) bond motifs is 1. The van der Waals surface area contributed by atoms with Crippen LogP contribution < -0.4 is 14.2 Å². The van der Waals surface area contributed by atoms with Gasteiger partial charge in [0.2, 0.25) is 10.0 Å². The summed E-state index contributed by atoms with van der Waals surface area (Å²) in [6.07, 6.45) is 0.0282. The van der Waals surface area contributed by atoms with Crippen molar-refractivity contribution in [2.75, 3.05) is 21.3 Å². The van der Waals surface area contributed by atoms with Gasteiger partial charge in [0.25, 0.3) is 0 Å². The average Bonchev–Trinajstić information content (AvgIpc) is 2.71. The van der Waals surface area contributed by atoms with Crippen LogP contribution in [-0.2, 0) is 27.8 Å². The lowest BCUT2D eigenvalue weighted by atomic mass is 9.95. The van der Waals surface area contributed by atoms with Crippen LogP contribution in [0, 0.1) is 0 Å². The first kappa shape index (κ1) is 20.0. The monoisotopic (exact) mass is 407 g/mol. The van der Waals surface area contributed by atoms with Crippen molar-refractivity contribution in [1.29, 1.82) is 0 Å². The van der Waals surface area contributed by atoms with Crippen molar-refractivity contribution < 1.29 is 32.5 Å². The molecule has 0 fully saturated rings. The average molecular weight is 407 g/mol. The minimum Gasteiger partial charge on any atom is -0.497 e. The maximum atomic E-state index is 13.2. The highest BCUT2D eigenvalue weighted by Gasteiger charge is 2.40. The lowest BCUT2D eigenvalue weighted by Gasteiger charge is -2.34. The molecule has 1 heterocycles. The van der Waals surface area contributed by atoms with Gasteiger partial charge < -0.3 is 19.3 Å². The molecule has 9 heteroatoms. The largest absolute Gasteiger partial charge is 0.497 e. The van der Waals surface area contributed by atoms with E-state index >= 15 is 0 Å². The van der Waals surface area contributed by atoms with E-state index < -0.39 is 22.0 Å². The highest BCUT2D eigenvalue weighted by Crippen LogP contribution is 2.36. The minimum absolute atomic E-state index is 0.00322. The van der Waals surface area contributed by atoms with Crippen molar-refractivity contribution in [3.05, 3.63) is 47.5 Å². The number of aliphatic carboxylic acids is 1. The Labute approximate surface area is 163 Å². The topological polar surface area (TPSA) is 102 Å². The normalized spacial score (nSPS) is 16.9. The Balaban J connectivity index is 2.05. The number of sulfonamides is 1. The lowest BCUT2D eigenvalue weighted by Crippen LogP contribution is -2.48. The van der Waals surface area contributed by atoms with Gasteiger partial charge in [0, 0.05) is 13.0 Å². The molecule has 1 atom stereocenters. The van der Waals surface area contributed by atoms with Gasteiger partial charge in [0.1, 0.15) is 11.8 Å². The third-order valence-electron chi connectivity index (χ3n) is 4.74. The standard InChI is InChI=1S/C19H21NO7S/c1-25-14-4-6-15(7-5-14)28(23,24)20-11-13-10-18(27-3)17(26-2)9-12(13)8-16(20)19(21)22/h4-7,9-10,16H,8,11H2,1-3H3,(H,21,22)/t16-/m1/s1. The van der Waals surface area contributed by atoms with Crippen molar-refractivity contribution >= 4 is 16.0 Å². The molecule has 2 aromatic carbocycles. The van der Waals surface area contributed by atoms with Crippen molar-refractivity contribution in [2.45, 2.75) is 23.9 Å². The van der Waals surface area contributed by atoms with E-state index in [1.54, 1.807) is 12.1 Å². The molecule has 1 aliphatic heterocycles. The van der Waals surface area contributed by atoms with Gasteiger partial charge in [-0.3, -0.25) is 4.79 Å². The van der Waals surface area contributed by atoms with Crippen LogP contribution in [0.3, 0.4) is 0 Å². The summed E-state index contributed by atoms with van der Waals surface area (Å²) in [4.78, 5) is 11.9. The van der Waals surface area contributed by atoms with Crippen LogP contribution in [-0.4, -0.2) is 51.2 Å². The Hall–Kier alpha value is -2.78. The van der Waals surface area contributed by atoms with Gasteiger partial charge in [0.05, 0.1) is 26.2 Å². The first-order chi connectivity index (χ1) is 13.3. The maximum Gasteiger partial charge on any atom is 0.322 e. The van der Waals surface area contributed by atoms with Crippen LogP contribution in [0.25, 0.3) is 0 Å². The van der Waals surface area contributed by atoms with Gasteiger partial charge in [-0.05, 0) is 47.5 Å². The molecule has 0 radical (unpaired) electrons. The van der Waals surface area contributed by atoms with E-state index in [-0.39, 0.29) is 17.9 Å². The predicted octanol–water partition coefficient (Wildman–Crippen LogP) is 1.91. The second kappa shape index (κ2) is 7.69. The molecule has 3 rings (SSSR count). The predicted molar refractivity (Wildman–Crippen MR) is 100 cm³/mol. The molecule has 0 aliphatic carbocycles. The lowest BCUT2D eigenvalue weighted by molar-refractivity contribution is -0.141. The Morgan fingerprint density at radius 2 is 1.57 bits per heavy atom. The number of nitrogens with zero attached hydrogens (tertiary/aromatic N) is 1. The highest BCUT2D eigenvalue weighted by atomic mass is 32.2. The number of rotatable bonds is 6. The molecule has 0 saturated heterocycles. The summed E-state index contributed by atoms with van der Waals surface area (Å²) in [7, 11) is 0.418. The number of hydrogen-bond donors (Lipinski definition) is 1. The molecule has 8 nitrogen and oxygen atoms in total. The Kier molecular flexibility index (Phi) is 5.48. The fourth-order valence-electron chi connectivity index (χ4n) is 3.23. The molecule has 0 saturated carbocycles. The molecule has 28 heavy (non-hydrogen) atoms. The summed E-state index contributed by atoms with van der Waals surface area (Å²) >= 11 is 0. The Morgan fingerprint density at radius 1 is 1.00 bits per heavy atom. The van der Waals surface area contributed by atoms with E-state index in [1.165, 1.54) is 45.6 Å². The van der Waals surface area contributed by atoms with Crippen LogP contribution >= 0.6 is 0 Å². The number of carboxylic acids is 1. The minimum atomic E-state index is -4.03. The zero-order valence-corrected chi connectivity index (χ0v) is 16.5. The van der Waals surface area contributed by atoms with Gasteiger partial charge in [0.15, 0.2) is 11.5 Å². The molecule has 1 N–H and O–H groups in total. The second-order valence-corrected chi connectivity index (χ2v) is 8.15. The van der Waals surface area contributed by atoms with Crippen LogP contribution in [0.5, 0.6) is 17.2 Å². The van der Waals surface area contributed by atoms with Gasteiger partial charge in [-0.15, -0.1) is 0 Å². The van der Waals surface area contributed by atoms with Crippen molar-refractivity contribution in [2.24, 2.45) is 0 Å². The molecule has 2 aromatic rings. The van der Waals surface area contributed by atoms with Crippen LogP contribution in [0.15, 0.2) is 41.3 Å². The zero-order valence-electron chi connectivity index (χ0n) is 15.7. The number of hydrogen-bond acceptors (Lipinski definition) is 6. The first-order valence-electron chi connectivity index (χ1n) is 8.44. The highest BCUT2D eigenvalue weighted by molar-refractivity contribution is 7.89. The Bertz CT molecular complexity index is 986. The van der Waals surface area contributed by atoms with E-state index in [4.69, 9.17) is 14.2 Å². The van der Waals surface area contributed by atoms with Crippen molar-refractivity contribution in [3.63, 3.8) is 0 Å². The molecular formula is C19H21NO7S. The van der Waals surface area contributed by atoms with Gasteiger partial charge in [-0.1, -0.05) is 0 Å². The summed E-state index contributed by atoms with van der Waals surface area (Å²) < 4.78 is 42.9. The summed E-state index contributed by atoms with van der Waals surface area (Å²) in [6.45, 7) is -0.0823. The third-order valence-corrected chi connectivity index (χ3v) is 6.61. The molecule has 0 aromatic heterocycles. The number of benzene rings is 2. The van der Waals surface area contributed by atoms with E-state index in [0.29, 0.717) is 28.4 Å². The number of methoxy groups -OCH3 is 3. The van der Waals surface area contributed by atoms with E-state index in [1.807, 2.05) is 0 Å². The van der Waals surface area contributed by atoms with Crippen LogP contribution in [0.4, 0.5) is 0 Å². The zero-order chi connectivity index (χ0) is 20.5. The molecule has 0 unspecified atom stereocenters. The Morgan fingerprint density at radius 3 is 2.07 bits per heavy atom. The molecule has 0 spiro atoms. The summed E-state index contributed by atoms with van der Waals surface area (Å²) in [5, 5.41) is 9.67. The smallest absolute Gasteiger partial charge is 0.322 e. The quantitative estimate of drug-likeness (QED) is 0.780. The summed E-state index contributed by atoms with van der Waals surface area (Å²) in [5.41, 5.74) is 1.39. The van der Waals surface area contributed by atoms with E-state index in [0.717, 1.165) is 4.31 Å². The fourth-order valence-corrected chi connectivity index (χ4v) is 4.79. The maximum absolute atomic E-state index is 13.2. The van der Waals surface area contributed by atoms with E-state index in [9.17, 15) is 18.3 Å². The van der Waals surface area contributed by atoms with Gasteiger partial charge in [-0.25, -0.2) is 8.42 Å². The van der Waals surface area contributed by atoms with Crippen LogP contribution in [0.1, 0.15) is 11.1 Å².